The molecule has 1 atom stereocenters. The zero-order valence-corrected chi connectivity index (χ0v) is 10.7. The third-order valence-electron chi connectivity index (χ3n) is 2.88. The second-order valence-electron chi connectivity index (χ2n) is 4.16. The first-order valence-corrected chi connectivity index (χ1v) is 5.60. The first-order valence-electron chi connectivity index (χ1n) is 5.60. The van der Waals surface area contributed by atoms with Gasteiger partial charge in [0.05, 0.1) is 0 Å². The Balaban J connectivity index is 2.37. The van der Waals surface area contributed by atoms with Gasteiger partial charge in [-0.2, -0.15) is 4.98 Å². The Labute approximate surface area is 108 Å². The summed E-state index contributed by atoms with van der Waals surface area (Å²) >= 11 is 0. The molecule has 0 spiro atoms. The molecule has 19 heavy (non-hydrogen) atoms. The van der Waals surface area contributed by atoms with Gasteiger partial charge < -0.3 is 10.0 Å². The van der Waals surface area contributed by atoms with Crippen LogP contribution < -0.4 is 0 Å². The number of fused-ring (bicyclic) bond motifs is 1. The van der Waals surface area contributed by atoms with Crippen molar-refractivity contribution in [3.05, 3.63) is 23.8 Å². The van der Waals surface area contributed by atoms with E-state index in [9.17, 15) is 9.59 Å². The number of hydrogen-bond donors (Lipinski definition) is 1. The van der Waals surface area contributed by atoms with Crippen LogP contribution in [0.1, 0.15) is 23.2 Å². The summed E-state index contributed by atoms with van der Waals surface area (Å²) in [6.45, 7) is 3.22. The predicted octanol–water partition coefficient (Wildman–Crippen LogP) is -0.0222. The minimum absolute atomic E-state index is 0.0719. The van der Waals surface area contributed by atoms with Crippen LogP contribution in [0.2, 0.25) is 0 Å². The molecule has 1 amide bonds. The van der Waals surface area contributed by atoms with Crippen LogP contribution in [0.4, 0.5) is 0 Å². The second kappa shape index (κ2) is 4.63. The number of nitrogens with zero attached hydrogens (tertiary/aromatic N) is 5. The van der Waals surface area contributed by atoms with Gasteiger partial charge in [0.25, 0.3) is 11.7 Å². The van der Waals surface area contributed by atoms with Crippen molar-refractivity contribution >= 4 is 17.7 Å². The number of amides is 1. The number of rotatable bonds is 3. The summed E-state index contributed by atoms with van der Waals surface area (Å²) in [5.41, 5.74) is 0.783. The summed E-state index contributed by atoms with van der Waals surface area (Å²) in [5.74, 6) is -1.41. The Hall–Kier alpha value is -2.51. The van der Waals surface area contributed by atoms with E-state index in [1.54, 1.807) is 19.2 Å². The van der Waals surface area contributed by atoms with Crippen LogP contribution in [0.15, 0.2) is 12.3 Å². The van der Waals surface area contributed by atoms with E-state index in [0.29, 0.717) is 5.78 Å². The molecule has 0 saturated heterocycles. The van der Waals surface area contributed by atoms with Crippen LogP contribution in [0.25, 0.3) is 5.78 Å². The van der Waals surface area contributed by atoms with E-state index in [1.807, 2.05) is 0 Å². The summed E-state index contributed by atoms with van der Waals surface area (Å²) in [7, 11) is 1.40. The number of likely N-dealkylation sites (N-methyl/N-ethyl adjacent to an activating group) is 1. The van der Waals surface area contributed by atoms with Gasteiger partial charge in [0, 0.05) is 18.9 Å². The summed E-state index contributed by atoms with van der Waals surface area (Å²) in [5, 5.41) is 12.9. The topological polar surface area (TPSA) is 101 Å². The monoisotopic (exact) mass is 263 g/mol. The first-order chi connectivity index (χ1) is 8.91. The zero-order valence-electron chi connectivity index (χ0n) is 10.7. The fourth-order valence-electron chi connectivity index (χ4n) is 1.50. The molecule has 8 nitrogen and oxygen atoms in total. The van der Waals surface area contributed by atoms with Crippen molar-refractivity contribution in [3.8, 4) is 0 Å². The molecule has 2 rings (SSSR count). The lowest BCUT2D eigenvalue weighted by Gasteiger charge is -2.19. The molecule has 0 fully saturated rings. The Morgan fingerprint density at radius 1 is 1.47 bits per heavy atom. The SMILES string of the molecule is Cc1ccnc2nc(C(=O)N(C)C(C)C(=O)O)nn12. The van der Waals surface area contributed by atoms with E-state index in [2.05, 4.69) is 15.1 Å². The average molecular weight is 263 g/mol. The van der Waals surface area contributed by atoms with Gasteiger partial charge in [-0.3, -0.25) is 4.79 Å². The third-order valence-corrected chi connectivity index (χ3v) is 2.88. The van der Waals surface area contributed by atoms with Crippen molar-refractivity contribution in [2.24, 2.45) is 0 Å². The number of carboxylic acids is 1. The lowest BCUT2D eigenvalue weighted by Crippen LogP contribution is -2.40. The van der Waals surface area contributed by atoms with E-state index < -0.39 is 17.9 Å². The molecule has 0 aromatic carbocycles. The second-order valence-corrected chi connectivity index (χ2v) is 4.16. The van der Waals surface area contributed by atoms with Crippen LogP contribution in [0.5, 0.6) is 0 Å². The molecule has 0 aliphatic rings. The van der Waals surface area contributed by atoms with E-state index in [-0.39, 0.29) is 5.82 Å². The van der Waals surface area contributed by atoms with E-state index in [4.69, 9.17) is 5.11 Å². The van der Waals surface area contributed by atoms with E-state index in [0.717, 1.165) is 10.6 Å². The van der Waals surface area contributed by atoms with Crippen molar-refractivity contribution < 1.29 is 14.7 Å². The molecular weight excluding hydrogens is 250 g/mol. The quantitative estimate of drug-likeness (QED) is 0.835. The third kappa shape index (κ3) is 2.24. The number of aliphatic carboxylic acids is 1. The van der Waals surface area contributed by atoms with Gasteiger partial charge in [-0.25, -0.2) is 14.3 Å². The van der Waals surface area contributed by atoms with Gasteiger partial charge in [0.1, 0.15) is 6.04 Å². The Morgan fingerprint density at radius 3 is 2.74 bits per heavy atom. The predicted molar refractivity (Wildman–Crippen MR) is 64.7 cm³/mol. The molecule has 2 aromatic rings. The average Bonchev–Trinajstić information content (AvgIpc) is 2.81. The number of hydrogen-bond acceptors (Lipinski definition) is 5. The Bertz CT molecular complexity index is 651. The summed E-state index contributed by atoms with van der Waals surface area (Å²) < 4.78 is 1.44. The number of carbonyl (C=O) groups excluding carboxylic acids is 1. The largest absolute Gasteiger partial charge is 0.480 e. The van der Waals surface area contributed by atoms with Crippen molar-refractivity contribution in [1.82, 2.24) is 24.5 Å². The summed E-state index contributed by atoms with van der Waals surface area (Å²) in [6, 6.07) is 0.785. The van der Waals surface area contributed by atoms with Gasteiger partial charge >= 0.3 is 5.97 Å². The van der Waals surface area contributed by atoms with Gasteiger partial charge in [0.2, 0.25) is 5.82 Å². The van der Waals surface area contributed by atoms with Crippen LogP contribution in [0, 0.1) is 6.92 Å². The molecule has 8 heteroatoms. The standard InChI is InChI=1S/C11H13N5O3/c1-6-4-5-12-11-13-8(14-16(6)11)9(17)15(3)7(2)10(18)19/h4-5,7H,1-3H3,(H,18,19). The highest BCUT2D eigenvalue weighted by atomic mass is 16.4. The lowest BCUT2D eigenvalue weighted by atomic mass is 10.3. The number of aromatic nitrogens is 4. The number of carboxylic acid groups (broad SMARTS) is 1. The molecular formula is C11H13N5O3. The molecule has 0 aliphatic carbocycles. The maximum atomic E-state index is 12.1. The normalized spacial score (nSPS) is 12.4. The fraction of sp³-hybridized carbons (Fsp3) is 0.364. The molecule has 0 aliphatic heterocycles. The van der Waals surface area contributed by atoms with Gasteiger partial charge in [-0.1, -0.05) is 0 Å². The molecule has 1 N–H and O–H groups in total. The molecule has 2 aromatic heterocycles. The fourth-order valence-corrected chi connectivity index (χ4v) is 1.50. The Morgan fingerprint density at radius 2 is 2.16 bits per heavy atom. The van der Waals surface area contributed by atoms with Crippen LogP contribution in [-0.4, -0.2) is 54.6 Å². The smallest absolute Gasteiger partial charge is 0.326 e. The van der Waals surface area contributed by atoms with Crippen molar-refractivity contribution in [1.29, 1.82) is 0 Å². The minimum atomic E-state index is -1.09. The molecule has 0 radical (unpaired) electrons. The highest BCUT2D eigenvalue weighted by molar-refractivity contribution is 5.93. The molecule has 0 saturated carbocycles. The van der Waals surface area contributed by atoms with E-state index >= 15 is 0 Å². The van der Waals surface area contributed by atoms with E-state index in [1.165, 1.54) is 18.5 Å². The highest BCUT2D eigenvalue weighted by Gasteiger charge is 2.26. The molecule has 1 unspecified atom stereocenters. The van der Waals surface area contributed by atoms with Crippen LogP contribution >= 0.6 is 0 Å². The molecule has 100 valence electrons. The van der Waals surface area contributed by atoms with Crippen molar-refractivity contribution in [3.63, 3.8) is 0 Å². The van der Waals surface area contributed by atoms with Gasteiger partial charge in [-0.15, -0.1) is 5.10 Å². The van der Waals surface area contributed by atoms with Gasteiger partial charge in [0.15, 0.2) is 0 Å². The van der Waals surface area contributed by atoms with Crippen molar-refractivity contribution in [2.45, 2.75) is 19.9 Å². The molecule has 2 heterocycles. The zero-order chi connectivity index (χ0) is 14.2. The number of aryl methyl sites for hydroxylation is 1. The summed E-state index contributed by atoms with van der Waals surface area (Å²) in [4.78, 5) is 32.0. The highest BCUT2D eigenvalue weighted by Crippen LogP contribution is 2.06. The lowest BCUT2D eigenvalue weighted by molar-refractivity contribution is -0.141. The van der Waals surface area contributed by atoms with Crippen LogP contribution in [0.3, 0.4) is 0 Å². The Kier molecular flexibility index (Phi) is 3.16. The number of carbonyl (C=O) groups is 2. The summed E-state index contributed by atoms with van der Waals surface area (Å²) in [6.07, 6.45) is 1.57. The molecule has 0 bridgehead atoms. The van der Waals surface area contributed by atoms with Gasteiger partial charge in [-0.05, 0) is 19.9 Å². The van der Waals surface area contributed by atoms with Crippen molar-refractivity contribution in [2.75, 3.05) is 7.05 Å². The maximum Gasteiger partial charge on any atom is 0.326 e. The first kappa shape index (κ1) is 12.9. The maximum absolute atomic E-state index is 12.1. The minimum Gasteiger partial charge on any atom is -0.480 e. The van der Waals surface area contributed by atoms with Crippen LogP contribution in [-0.2, 0) is 4.79 Å².